The molecule has 0 saturated carbocycles. The van der Waals surface area contributed by atoms with Crippen molar-refractivity contribution in [3.8, 4) is 0 Å². The number of hydrogen-bond acceptors (Lipinski definition) is 12. The number of ether oxygens (including phenoxy) is 3. The number of carboxylic acids is 1. The maximum absolute atomic E-state index is 11.6. The zero-order chi connectivity index (χ0) is 26.0. The second-order valence-electron chi connectivity index (χ2n) is 8.52. The highest BCUT2D eigenvalue weighted by Crippen LogP contribution is 2.31. The number of aliphatic hydroxyl groups is 5. The molecule has 0 radical (unpaired) electrons. The largest absolute Gasteiger partial charge is 0.477 e. The van der Waals surface area contributed by atoms with Gasteiger partial charge in [-0.15, -0.1) is 0 Å². The lowest BCUT2D eigenvalue weighted by Crippen LogP contribution is -2.69. The van der Waals surface area contributed by atoms with Gasteiger partial charge in [-0.2, -0.15) is 0 Å². The van der Waals surface area contributed by atoms with Crippen molar-refractivity contribution < 1.29 is 59.2 Å². The van der Waals surface area contributed by atoms with Gasteiger partial charge in [-0.1, -0.05) is 0 Å². The SMILES string of the molecule is CC(=O)N[C@@H]1[C@H]([C@@H](N)[C@H](C)O[C@H]2O[C@H](CO)[C@@H](O)[C@H](O)[C@H]2NC(C)=O)O[C@](O)(C(=O)O)C[C@@H]1O. The quantitative estimate of drug-likeness (QED) is 0.153. The number of nitrogens with two attached hydrogens (primary N) is 1. The van der Waals surface area contributed by atoms with Gasteiger partial charge < -0.3 is 61.2 Å². The Bertz CT molecular complexity index is 756. The molecule has 2 aliphatic heterocycles. The van der Waals surface area contributed by atoms with Crippen molar-refractivity contribution in [1.29, 1.82) is 0 Å². The molecular weight excluding hydrogens is 462 g/mol. The monoisotopic (exact) mass is 495 g/mol. The summed E-state index contributed by atoms with van der Waals surface area (Å²) in [6, 6.07) is -3.78. The Balaban J connectivity index is 2.28. The lowest BCUT2D eigenvalue weighted by Gasteiger charge is -2.47. The number of aliphatic hydroxyl groups excluding tert-OH is 4. The third-order valence-corrected chi connectivity index (χ3v) is 5.81. The number of carbonyl (C=O) groups is 3. The van der Waals surface area contributed by atoms with Crippen LogP contribution in [0, 0.1) is 0 Å². The maximum atomic E-state index is 11.6. The molecular formula is C19H33N3O12. The third-order valence-electron chi connectivity index (χ3n) is 5.81. The van der Waals surface area contributed by atoms with Gasteiger partial charge in [0, 0.05) is 20.3 Å². The van der Waals surface area contributed by atoms with Crippen LogP contribution >= 0.6 is 0 Å². The van der Waals surface area contributed by atoms with E-state index in [9.17, 15) is 45.0 Å². The van der Waals surface area contributed by atoms with Crippen LogP contribution in [0.3, 0.4) is 0 Å². The molecule has 0 unspecified atom stereocenters. The van der Waals surface area contributed by atoms with Crippen LogP contribution < -0.4 is 16.4 Å². The number of carboxylic acid groups (broad SMARTS) is 1. The van der Waals surface area contributed by atoms with Gasteiger partial charge in [0.1, 0.15) is 30.5 Å². The fourth-order valence-corrected chi connectivity index (χ4v) is 4.00. The molecule has 2 amide bonds. The van der Waals surface area contributed by atoms with E-state index in [-0.39, 0.29) is 0 Å². The number of aliphatic carboxylic acids is 1. The Hall–Kier alpha value is -1.95. The summed E-state index contributed by atoms with van der Waals surface area (Å²) in [6.07, 6.45) is -10.7. The summed E-state index contributed by atoms with van der Waals surface area (Å²) in [6.45, 7) is 3.03. The van der Waals surface area contributed by atoms with Gasteiger partial charge in [0.25, 0.3) is 5.79 Å². The highest BCUT2D eigenvalue weighted by Gasteiger charge is 2.54. The lowest BCUT2D eigenvalue weighted by atomic mass is 9.88. The van der Waals surface area contributed by atoms with E-state index in [4.69, 9.17) is 19.9 Å². The Morgan fingerprint density at radius 1 is 1.12 bits per heavy atom. The van der Waals surface area contributed by atoms with E-state index in [0.29, 0.717) is 0 Å². The van der Waals surface area contributed by atoms with Gasteiger partial charge >= 0.3 is 5.97 Å². The summed E-state index contributed by atoms with van der Waals surface area (Å²) in [5.41, 5.74) is 6.21. The standard InChI is InChI=1S/C19H33N3O12/c1-6(32-17-13(22-8(3)25)15(28)14(27)10(5-23)33-17)11(20)16-12(21-7(2)24)9(26)4-19(31,34-16)18(29)30/h6,9-17,23,26-28,31H,4-5,20H2,1-3H3,(H,21,24)(H,22,25)(H,29,30)/t6-,9-,10+,11-,12-,13+,14+,15+,16-,17-,19-/m0/s1. The molecule has 10 N–H and O–H groups in total. The zero-order valence-electron chi connectivity index (χ0n) is 18.9. The van der Waals surface area contributed by atoms with Gasteiger partial charge in [0.15, 0.2) is 6.29 Å². The first-order valence-corrected chi connectivity index (χ1v) is 10.6. The molecule has 34 heavy (non-hydrogen) atoms. The molecule has 0 aromatic heterocycles. The molecule has 2 fully saturated rings. The van der Waals surface area contributed by atoms with Crippen molar-refractivity contribution in [2.24, 2.45) is 5.73 Å². The van der Waals surface area contributed by atoms with Gasteiger partial charge in [-0.25, -0.2) is 4.79 Å². The zero-order valence-corrected chi connectivity index (χ0v) is 18.9. The smallest absolute Gasteiger partial charge is 0.364 e. The van der Waals surface area contributed by atoms with E-state index in [2.05, 4.69) is 10.6 Å². The fourth-order valence-electron chi connectivity index (χ4n) is 4.00. The first-order valence-electron chi connectivity index (χ1n) is 10.6. The van der Waals surface area contributed by atoms with E-state index in [1.807, 2.05) is 0 Å². The van der Waals surface area contributed by atoms with Crippen molar-refractivity contribution in [1.82, 2.24) is 10.6 Å². The highest BCUT2D eigenvalue weighted by atomic mass is 16.7. The summed E-state index contributed by atoms with van der Waals surface area (Å²) >= 11 is 0. The molecule has 0 bridgehead atoms. The summed E-state index contributed by atoms with van der Waals surface area (Å²) in [5, 5.41) is 64.8. The van der Waals surface area contributed by atoms with Crippen LogP contribution in [0.4, 0.5) is 0 Å². The molecule has 0 aliphatic carbocycles. The molecule has 2 rings (SSSR count). The molecule has 2 aliphatic rings. The minimum Gasteiger partial charge on any atom is -0.477 e. The molecule has 196 valence electrons. The number of carbonyl (C=O) groups excluding carboxylic acids is 2. The van der Waals surface area contributed by atoms with Crippen LogP contribution in [0.5, 0.6) is 0 Å². The molecule has 11 atom stereocenters. The predicted molar refractivity (Wildman–Crippen MR) is 110 cm³/mol. The molecule has 0 spiro atoms. The van der Waals surface area contributed by atoms with Crippen molar-refractivity contribution in [3.05, 3.63) is 0 Å². The summed E-state index contributed by atoms with van der Waals surface area (Å²) < 4.78 is 16.5. The first kappa shape index (κ1) is 28.3. The third kappa shape index (κ3) is 6.18. The van der Waals surface area contributed by atoms with Crippen LogP contribution in [-0.4, -0.2) is 122 Å². The minimum absolute atomic E-state index is 0.580. The van der Waals surface area contributed by atoms with Gasteiger partial charge in [0.2, 0.25) is 11.8 Å². The van der Waals surface area contributed by atoms with E-state index in [1.165, 1.54) is 6.92 Å². The van der Waals surface area contributed by atoms with Gasteiger partial charge in [0.05, 0.1) is 30.9 Å². The number of nitrogens with one attached hydrogen (secondary N) is 2. The van der Waals surface area contributed by atoms with Crippen LogP contribution in [0.1, 0.15) is 27.2 Å². The van der Waals surface area contributed by atoms with Crippen LogP contribution in [-0.2, 0) is 28.6 Å². The van der Waals surface area contributed by atoms with E-state index < -0.39 is 97.6 Å². The van der Waals surface area contributed by atoms with E-state index >= 15 is 0 Å². The maximum Gasteiger partial charge on any atom is 0.364 e. The summed E-state index contributed by atoms with van der Waals surface area (Å²) in [5.74, 6) is -5.73. The average Bonchev–Trinajstić information content (AvgIpc) is 2.73. The Morgan fingerprint density at radius 3 is 2.18 bits per heavy atom. The fraction of sp³-hybridized carbons (Fsp3) is 0.842. The summed E-state index contributed by atoms with van der Waals surface area (Å²) in [7, 11) is 0. The van der Waals surface area contributed by atoms with Gasteiger partial charge in [-0.05, 0) is 6.92 Å². The van der Waals surface area contributed by atoms with Crippen molar-refractivity contribution >= 4 is 17.8 Å². The Morgan fingerprint density at radius 2 is 1.68 bits per heavy atom. The number of rotatable bonds is 8. The van der Waals surface area contributed by atoms with E-state index in [1.54, 1.807) is 0 Å². The second-order valence-corrected chi connectivity index (χ2v) is 8.52. The Kier molecular flexibility index (Phi) is 9.31. The van der Waals surface area contributed by atoms with Crippen molar-refractivity contribution in [2.45, 2.75) is 94.0 Å². The number of amides is 2. The van der Waals surface area contributed by atoms with Gasteiger partial charge in [-0.3, -0.25) is 9.59 Å². The predicted octanol–water partition coefficient (Wildman–Crippen LogP) is -4.91. The lowest BCUT2D eigenvalue weighted by molar-refractivity contribution is -0.299. The van der Waals surface area contributed by atoms with Crippen LogP contribution in [0.25, 0.3) is 0 Å². The highest BCUT2D eigenvalue weighted by molar-refractivity contribution is 5.76. The molecule has 15 heteroatoms. The molecule has 2 saturated heterocycles. The molecule has 0 aromatic rings. The van der Waals surface area contributed by atoms with Crippen LogP contribution in [0.2, 0.25) is 0 Å². The van der Waals surface area contributed by atoms with Crippen LogP contribution in [0.15, 0.2) is 0 Å². The molecule has 15 nitrogen and oxygen atoms in total. The first-order chi connectivity index (χ1) is 15.7. The number of hydrogen-bond donors (Lipinski definition) is 9. The second kappa shape index (κ2) is 11.2. The van der Waals surface area contributed by atoms with Crippen molar-refractivity contribution in [2.75, 3.05) is 6.61 Å². The summed E-state index contributed by atoms with van der Waals surface area (Å²) in [4.78, 5) is 34.7. The van der Waals surface area contributed by atoms with Crippen molar-refractivity contribution in [3.63, 3.8) is 0 Å². The Labute approximate surface area is 194 Å². The minimum atomic E-state index is -2.79. The average molecular weight is 495 g/mol. The topological polar surface area (TPSA) is 250 Å². The normalized spacial score (nSPS) is 40.1. The molecule has 2 heterocycles. The van der Waals surface area contributed by atoms with E-state index in [0.717, 1.165) is 13.8 Å². The molecule has 0 aromatic carbocycles.